The van der Waals surface area contributed by atoms with Gasteiger partial charge in [0.05, 0.1) is 31.9 Å². The Morgan fingerprint density at radius 1 is 0.902 bits per heavy atom. The maximum absolute atomic E-state index is 12.6. The predicted molar refractivity (Wildman–Crippen MR) is 152 cm³/mol. The molecule has 5 rings (SSSR count). The van der Waals surface area contributed by atoms with Crippen LogP contribution in [0.15, 0.2) is 69.7 Å². The zero-order valence-corrected chi connectivity index (χ0v) is 23.1. The quantitative estimate of drug-likeness (QED) is 0.240. The Labute approximate surface area is 235 Å². The van der Waals surface area contributed by atoms with Crippen molar-refractivity contribution < 1.29 is 21.6 Å². The lowest BCUT2D eigenvalue weighted by atomic mass is 10.1. The van der Waals surface area contributed by atoms with Crippen LogP contribution in [-0.4, -0.2) is 87.3 Å². The van der Waals surface area contributed by atoms with E-state index in [-0.39, 0.29) is 10.7 Å². The minimum Gasteiger partial charge on any atom is -0.377 e. The minimum absolute atomic E-state index is 0.173. The second kappa shape index (κ2) is 13.5. The molecule has 41 heavy (non-hydrogen) atoms. The van der Waals surface area contributed by atoms with Gasteiger partial charge in [-0.3, -0.25) is 9.98 Å². The Morgan fingerprint density at radius 2 is 1.49 bits per heavy atom. The first kappa shape index (κ1) is 29.8. The smallest absolute Gasteiger partial charge is 0.377 e. The lowest BCUT2D eigenvalue weighted by Gasteiger charge is -2.13. The highest BCUT2D eigenvalue weighted by molar-refractivity contribution is 7.89. The number of rotatable bonds is 10. The van der Waals surface area contributed by atoms with Crippen molar-refractivity contribution in [2.45, 2.75) is 17.6 Å². The fraction of sp³-hybridized carbons (Fsp3) is 0.360. The maximum atomic E-state index is 12.6. The van der Waals surface area contributed by atoms with Crippen molar-refractivity contribution >= 4 is 33.1 Å². The van der Waals surface area contributed by atoms with E-state index in [2.05, 4.69) is 46.1 Å². The summed E-state index contributed by atoms with van der Waals surface area (Å²) in [5, 5.41) is 16.2. The number of alkyl halides is 3. The number of anilines is 2. The topological polar surface area (TPSA) is 150 Å². The molecule has 2 aliphatic heterocycles. The number of benzene rings is 2. The first-order valence-corrected chi connectivity index (χ1v) is 14.2. The number of amidine groups is 2. The molecule has 3 heterocycles. The molecule has 5 N–H and O–H groups in total. The third kappa shape index (κ3) is 8.40. The minimum atomic E-state index is -4.35. The highest BCUT2D eigenvalue weighted by Crippen LogP contribution is 2.28. The zero-order chi connectivity index (χ0) is 29.3. The molecule has 0 atom stereocenters. The molecule has 16 heteroatoms. The van der Waals surface area contributed by atoms with Crippen LogP contribution in [0.2, 0.25) is 0 Å². The standard InChI is InChI=1S/C14H15F3N6.C11H16N4O2S/c15-14(16,17)8-23-13(21-9-22-23)10-3-1-2-4-11(10)20-7-12-18-5-6-19-12;1-12-18(16,17)10-5-3-2-4-9(10)15-8-11-13-6-7-14-11/h1-4,9,20H,5-8H2,(H,18,19);2-5,12,15H,6-8H2,1H3,(H,13,14). The highest BCUT2D eigenvalue weighted by atomic mass is 32.2. The molecule has 0 bridgehead atoms. The lowest BCUT2D eigenvalue weighted by molar-refractivity contribution is -0.142. The first-order chi connectivity index (χ1) is 19.7. The summed E-state index contributed by atoms with van der Waals surface area (Å²) in [7, 11) is -2.05. The van der Waals surface area contributed by atoms with Gasteiger partial charge in [-0.05, 0) is 31.3 Å². The Morgan fingerprint density at radius 3 is 2.07 bits per heavy atom. The number of hydrogen-bond acceptors (Lipinski definition) is 10. The molecule has 12 nitrogen and oxygen atoms in total. The first-order valence-electron chi connectivity index (χ1n) is 12.7. The number of para-hydroxylation sites is 2. The molecule has 2 aromatic carbocycles. The lowest BCUT2D eigenvalue weighted by Crippen LogP contribution is -2.27. The van der Waals surface area contributed by atoms with E-state index in [1.54, 1.807) is 48.5 Å². The van der Waals surface area contributed by atoms with Gasteiger partial charge in [-0.1, -0.05) is 24.3 Å². The molecule has 0 radical (unpaired) electrons. The van der Waals surface area contributed by atoms with Crippen LogP contribution < -0.4 is 26.0 Å². The molecule has 0 saturated heterocycles. The summed E-state index contributed by atoms with van der Waals surface area (Å²) in [4.78, 5) is 12.7. The van der Waals surface area contributed by atoms with Crippen molar-refractivity contribution in [1.29, 1.82) is 0 Å². The van der Waals surface area contributed by atoms with Crippen LogP contribution in [0.4, 0.5) is 24.5 Å². The molecular formula is C25H31F3N10O2S. The van der Waals surface area contributed by atoms with Gasteiger partial charge in [-0.15, -0.1) is 0 Å². The van der Waals surface area contributed by atoms with Gasteiger partial charge >= 0.3 is 6.18 Å². The van der Waals surface area contributed by atoms with E-state index in [0.717, 1.165) is 48.9 Å². The van der Waals surface area contributed by atoms with E-state index in [1.807, 2.05) is 0 Å². The predicted octanol–water partition coefficient (Wildman–Crippen LogP) is 1.93. The average molecular weight is 593 g/mol. The van der Waals surface area contributed by atoms with E-state index in [4.69, 9.17) is 0 Å². The van der Waals surface area contributed by atoms with Crippen molar-refractivity contribution in [3.05, 3.63) is 54.9 Å². The van der Waals surface area contributed by atoms with E-state index in [1.165, 1.54) is 7.05 Å². The monoisotopic (exact) mass is 592 g/mol. The number of aromatic nitrogens is 3. The van der Waals surface area contributed by atoms with Gasteiger partial charge in [0.25, 0.3) is 0 Å². The van der Waals surface area contributed by atoms with Crippen molar-refractivity contribution in [2.24, 2.45) is 9.98 Å². The Balaban J connectivity index is 0.000000195. The number of hydrogen-bond donors (Lipinski definition) is 5. The van der Waals surface area contributed by atoms with Gasteiger partial charge in [-0.25, -0.2) is 22.8 Å². The van der Waals surface area contributed by atoms with E-state index in [9.17, 15) is 21.6 Å². The second-order valence-corrected chi connectivity index (χ2v) is 10.7. The van der Waals surface area contributed by atoms with Gasteiger partial charge in [0.1, 0.15) is 29.4 Å². The number of nitrogens with zero attached hydrogens (tertiary/aromatic N) is 5. The van der Waals surface area contributed by atoms with Crippen LogP contribution in [0, 0.1) is 0 Å². The normalized spacial score (nSPS) is 14.7. The Bertz CT molecular complexity index is 1490. The van der Waals surface area contributed by atoms with E-state index in [0.29, 0.717) is 30.0 Å². The fourth-order valence-corrected chi connectivity index (χ4v) is 4.94. The van der Waals surface area contributed by atoms with Gasteiger partial charge in [0, 0.05) is 24.3 Å². The summed E-state index contributed by atoms with van der Waals surface area (Å²) in [5.41, 5.74) is 1.82. The molecule has 2 aliphatic rings. The molecule has 1 aromatic heterocycles. The summed E-state index contributed by atoms with van der Waals surface area (Å²) < 4.78 is 64.7. The van der Waals surface area contributed by atoms with Gasteiger partial charge in [-0.2, -0.15) is 18.3 Å². The van der Waals surface area contributed by atoms with Gasteiger partial charge < -0.3 is 21.3 Å². The summed E-state index contributed by atoms with van der Waals surface area (Å²) >= 11 is 0. The summed E-state index contributed by atoms with van der Waals surface area (Å²) in [6.07, 6.45) is -3.23. The van der Waals surface area contributed by atoms with Gasteiger partial charge in [0.2, 0.25) is 10.0 Å². The number of aliphatic imine (C=N–C) groups is 2. The van der Waals surface area contributed by atoms with Crippen LogP contribution in [0.5, 0.6) is 0 Å². The van der Waals surface area contributed by atoms with Crippen molar-refractivity contribution in [2.75, 3.05) is 56.9 Å². The molecule has 0 amide bonds. The van der Waals surface area contributed by atoms with Crippen LogP contribution >= 0.6 is 0 Å². The second-order valence-electron chi connectivity index (χ2n) is 8.82. The van der Waals surface area contributed by atoms with Crippen LogP contribution in [0.3, 0.4) is 0 Å². The van der Waals surface area contributed by atoms with E-state index >= 15 is 0 Å². The summed E-state index contributed by atoms with van der Waals surface area (Å²) in [5.74, 6) is 1.86. The number of nitrogens with one attached hydrogen (secondary N) is 5. The molecule has 0 aliphatic carbocycles. The summed E-state index contributed by atoms with van der Waals surface area (Å²) in [6, 6.07) is 13.8. The fourth-order valence-electron chi connectivity index (χ4n) is 4.04. The van der Waals surface area contributed by atoms with Crippen molar-refractivity contribution in [3.63, 3.8) is 0 Å². The largest absolute Gasteiger partial charge is 0.408 e. The maximum Gasteiger partial charge on any atom is 0.408 e. The summed E-state index contributed by atoms with van der Waals surface area (Å²) in [6.45, 7) is 2.95. The van der Waals surface area contributed by atoms with Crippen molar-refractivity contribution in [1.82, 2.24) is 30.1 Å². The third-order valence-corrected chi connectivity index (χ3v) is 7.41. The highest BCUT2D eigenvalue weighted by Gasteiger charge is 2.30. The zero-order valence-electron chi connectivity index (χ0n) is 22.2. The molecule has 0 fully saturated rings. The third-order valence-electron chi connectivity index (χ3n) is 5.94. The molecular weight excluding hydrogens is 561 g/mol. The van der Waals surface area contributed by atoms with Crippen molar-refractivity contribution in [3.8, 4) is 11.4 Å². The van der Waals surface area contributed by atoms with Crippen LogP contribution in [0.1, 0.15) is 0 Å². The number of halogens is 3. The van der Waals surface area contributed by atoms with E-state index < -0.39 is 22.7 Å². The average Bonchev–Trinajstić information content (AvgIpc) is 3.75. The van der Waals surface area contributed by atoms with Gasteiger partial charge in [0.15, 0.2) is 5.82 Å². The Kier molecular flexibility index (Phi) is 9.78. The Hall–Kier alpha value is -4.18. The molecule has 3 aromatic rings. The molecule has 0 unspecified atom stereocenters. The SMILES string of the molecule is CNS(=O)(=O)c1ccccc1NCC1=NCCN1.FC(F)(F)Cn1ncnc1-c1ccccc1NCC1=NCCN1. The number of sulfonamides is 1. The van der Waals surface area contributed by atoms with Crippen LogP contribution in [-0.2, 0) is 16.6 Å². The molecule has 0 spiro atoms. The molecule has 220 valence electrons. The van der Waals surface area contributed by atoms with Crippen LogP contribution in [0.25, 0.3) is 11.4 Å². The molecule has 0 saturated carbocycles.